The molecule has 4 rings (SSSR count). The number of aromatic nitrogens is 4. The number of nitrogens with one attached hydrogen (secondary N) is 1. The van der Waals surface area contributed by atoms with Crippen molar-refractivity contribution in [2.75, 3.05) is 31.6 Å². The van der Waals surface area contributed by atoms with Crippen LogP contribution in [0.2, 0.25) is 0 Å². The largest absolute Gasteiger partial charge is 0.378 e. The van der Waals surface area contributed by atoms with Gasteiger partial charge in [-0.05, 0) is 44.0 Å². The van der Waals surface area contributed by atoms with Crippen LogP contribution in [0.5, 0.6) is 0 Å². The van der Waals surface area contributed by atoms with Gasteiger partial charge >= 0.3 is 5.69 Å². The molecule has 9 heteroatoms. The summed E-state index contributed by atoms with van der Waals surface area (Å²) in [6, 6.07) is 7.77. The minimum Gasteiger partial charge on any atom is -0.378 e. The molecule has 0 aliphatic carbocycles. The Morgan fingerprint density at radius 2 is 1.79 bits per heavy atom. The Hall–Kier alpha value is -3.20. The molecule has 1 fully saturated rings. The number of hydrogen-bond acceptors (Lipinski definition) is 6. The lowest BCUT2D eigenvalue weighted by Crippen LogP contribution is -2.43. The molecule has 0 bridgehead atoms. The van der Waals surface area contributed by atoms with Gasteiger partial charge in [-0.3, -0.25) is 4.79 Å². The molecule has 3 aromatic rings. The van der Waals surface area contributed by atoms with Gasteiger partial charge in [0, 0.05) is 30.5 Å². The number of nitrogens with zero attached hydrogens (tertiary/aromatic N) is 5. The van der Waals surface area contributed by atoms with E-state index in [9.17, 15) is 9.59 Å². The smallest absolute Gasteiger partial charge is 0.353 e. The SMILES string of the molecule is Cc1cc(C)cc(Nc2nc(C)cc3nn(CC(=O)N4CCOCC4)c(=O)n23)c1. The van der Waals surface area contributed by atoms with E-state index < -0.39 is 5.69 Å². The summed E-state index contributed by atoms with van der Waals surface area (Å²) < 4.78 is 7.87. The van der Waals surface area contributed by atoms with E-state index in [4.69, 9.17) is 4.74 Å². The van der Waals surface area contributed by atoms with Gasteiger partial charge in [0.2, 0.25) is 11.9 Å². The van der Waals surface area contributed by atoms with Crippen molar-refractivity contribution in [3.05, 3.63) is 51.6 Å². The lowest BCUT2D eigenvalue weighted by molar-refractivity contribution is -0.136. The number of carbonyl (C=O) groups excluding carboxylic acids is 1. The molecular weight excluding hydrogens is 372 g/mol. The number of amides is 1. The van der Waals surface area contributed by atoms with Crippen LogP contribution >= 0.6 is 0 Å². The first-order valence-electron chi connectivity index (χ1n) is 9.59. The highest BCUT2D eigenvalue weighted by Gasteiger charge is 2.20. The molecule has 29 heavy (non-hydrogen) atoms. The quantitative estimate of drug-likeness (QED) is 0.717. The van der Waals surface area contributed by atoms with Crippen LogP contribution in [-0.4, -0.2) is 56.3 Å². The Morgan fingerprint density at radius 1 is 1.10 bits per heavy atom. The number of anilines is 2. The van der Waals surface area contributed by atoms with Gasteiger partial charge in [0.25, 0.3) is 0 Å². The van der Waals surface area contributed by atoms with Gasteiger partial charge in [-0.25, -0.2) is 18.9 Å². The van der Waals surface area contributed by atoms with Crippen LogP contribution in [0.1, 0.15) is 16.8 Å². The maximum atomic E-state index is 13.0. The van der Waals surface area contributed by atoms with Crippen molar-refractivity contribution in [1.82, 2.24) is 24.1 Å². The first-order valence-corrected chi connectivity index (χ1v) is 9.59. The second-order valence-corrected chi connectivity index (χ2v) is 7.35. The standard InChI is InChI=1S/C20H24N6O3/c1-13-8-14(2)10-16(9-13)22-19-21-15(3)11-17-23-25(20(28)26(17)19)12-18(27)24-4-6-29-7-5-24/h8-11H,4-7,12H2,1-3H3,(H,21,22). The second-order valence-electron chi connectivity index (χ2n) is 7.35. The first-order chi connectivity index (χ1) is 13.9. The Bertz CT molecular complexity index is 1110. The van der Waals surface area contributed by atoms with E-state index in [2.05, 4.69) is 21.5 Å². The number of aryl methyl sites for hydroxylation is 3. The predicted octanol–water partition coefficient (Wildman–Crippen LogP) is 1.42. The minimum absolute atomic E-state index is 0.109. The molecule has 1 aromatic carbocycles. The van der Waals surface area contributed by atoms with E-state index in [1.54, 1.807) is 11.0 Å². The molecule has 0 atom stereocenters. The molecule has 3 heterocycles. The number of carbonyl (C=O) groups is 1. The Morgan fingerprint density at radius 3 is 2.48 bits per heavy atom. The van der Waals surface area contributed by atoms with Crippen LogP contribution in [0, 0.1) is 20.8 Å². The Labute approximate surface area is 167 Å². The molecule has 9 nitrogen and oxygen atoms in total. The van der Waals surface area contributed by atoms with Crippen molar-refractivity contribution >= 4 is 23.2 Å². The molecule has 152 valence electrons. The summed E-state index contributed by atoms with van der Waals surface area (Å²) in [5, 5.41) is 7.58. The van der Waals surface area contributed by atoms with Crippen LogP contribution in [0.15, 0.2) is 29.1 Å². The Kier molecular flexibility index (Phi) is 5.06. The number of morpholine rings is 1. The van der Waals surface area contributed by atoms with Crippen LogP contribution < -0.4 is 11.0 Å². The molecule has 2 aromatic heterocycles. The van der Waals surface area contributed by atoms with Gasteiger partial charge in [-0.15, -0.1) is 5.10 Å². The van der Waals surface area contributed by atoms with Crippen LogP contribution in [0.25, 0.3) is 5.65 Å². The third-order valence-electron chi connectivity index (χ3n) is 4.82. The number of ether oxygens (including phenoxy) is 1. The normalized spacial score (nSPS) is 14.4. The lowest BCUT2D eigenvalue weighted by atomic mass is 10.1. The van der Waals surface area contributed by atoms with Crippen molar-refractivity contribution in [2.45, 2.75) is 27.3 Å². The fraction of sp³-hybridized carbons (Fsp3) is 0.400. The van der Waals surface area contributed by atoms with Gasteiger partial charge < -0.3 is 15.0 Å². The van der Waals surface area contributed by atoms with Crippen molar-refractivity contribution in [1.29, 1.82) is 0 Å². The van der Waals surface area contributed by atoms with Crippen LogP contribution in [-0.2, 0) is 16.1 Å². The number of rotatable bonds is 4. The van der Waals surface area contributed by atoms with E-state index >= 15 is 0 Å². The zero-order valence-electron chi connectivity index (χ0n) is 16.8. The maximum Gasteiger partial charge on any atom is 0.353 e. The molecule has 0 spiro atoms. The molecular formula is C20H24N6O3. The van der Waals surface area contributed by atoms with Crippen LogP contribution in [0.3, 0.4) is 0 Å². The summed E-state index contributed by atoms with van der Waals surface area (Å²) in [7, 11) is 0. The molecule has 1 N–H and O–H groups in total. The topological polar surface area (TPSA) is 93.8 Å². The summed E-state index contributed by atoms with van der Waals surface area (Å²) >= 11 is 0. The molecule has 0 unspecified atom stereocenters. The van der Waals surface area contributed by atoms with Gasteiger partial charge in [0.05, 0.1) is 13.2 Å². The summed E-state index contributed by atoms with van der Waals surface area (Å²) in [4.78, 5) is 31.7. The molecule has 1 saturated heterocycles. The van der Waals surface area contributed by atoms with Gasteiger partial charge in [0.1, 0.15) is 6.54 Å². The Balaban J connectivity index is 1.69. The average Bonchev–Trinajstić information content (AvgIpc) is 2.97. The summed E-state index contributed by atoms with van der Waals surface area (Å²) in [6.45, 7) is 7.84. The second kappa shape index (κ2) is 7.67. The van der Waals surface area contributed by atoms with E-state index in [1.807, 2.05) is 32.9 Å². The zero-order valence-corrected chi connectivity index (χ0v) is 16.8. The predicted molar refractivity (Wildman–Crippen MR) is 109 cm³/mol. The highest BCUT2D eigenvalue weighted by molar-refractivity contribution is 5.76. The summed E-state index contributed by atoms with van der Waals surface area (Å²) in [5.74, 6) is 0.229. The van der Waals surface area contributed by atoms with Gasteiger partial charge in [-0.1, -0.05) is 6.07 Å². The molecule has 0 saturated carbocycles. The van der Waals surface area contributed by atoms with Gasteiger partial charge in [0.15, 0.2) is 5.65 Å². The molecule has 1 aliphatic heterocycles. The number of fused-ring (bicyclic) bond motifs is 1. The molecule has 0 radical (unpaired) electrons. The summed E-state index contributed by atoms with van der Waals surface area (Å²) in [6.07, 6.45) is 0. The summed E-state index contributed by atoms with van der Waals surface area (Å²) in [5.41, 5.74) is 3.82. The van der Waals surface area contributed by atoms with Crippen LogP contribution in [0.4, 0.5) is 11.6 Å². The van der Waals surface area contributed by atoms with E-state index in [0.29, 0.717) is 37.9 Å². The fourth-order valence-corrected chi connectivity index (χ4v) is 3.56. The minimum atomic E-state index is -0.402. The van der Waals surface area contributed by atoms with Crippen molar-refractivity contribution < 1.29 is 9.53 Å². The first kappa shape index (κ1) is 19.1. The molecule has 1 amide bonds. The highest BCUT2D eigenvalue weighted by atomic mass is 16.5. The molecule has 1 aliphatic rings. The number of hydrogen-bond donors (Lipinski definition) is 1. The lowest BCUT2D eigenvalue weighted by Gasteiger charge is -2.26. The van der Waals surface area contributed by atoms with Crippen molar-refractivity contribution in [3.8, 4) is 0 Å². The third kappa shape index (κ3) is 4.00. The van der Waals surface area contributed by atoms with Gasteiger partial charge in [-0.2, -0.15) is 0 Å². The third-order valence-corrected chi connectivity index (χ3v) is 4.82. The fourth-order valence-electron chi connectivity index (χ4n) is 3.56. The zero-order chi connectivity index (χ0) is 20.5. The number of benzene rings is 1. The maximum absolute atomic E-state index is 13.0. The van der Waals surface area contributed by atoms with E-state index in [1.165, 1.54) is 9.08 Å². The van der Waals surface area contributed by atoms with Crippen molar-refractivity contribution in [3.63, 3.8) is 0 Å². The average molecular weight is 396 g/mol. The van der Waals surface area contributed by atoms with E-state index in [0.717, 1.165) is 22.5 Å². The van der Waals surface area contributed by atoms with Crippen molar-refractivity contribution in [2.24, 2.45) is 0 Å². The van der Waals surface area contributed by atoms with E-state index in [-0.39, 0.29) is 12.5 Å². The monoisotopic (exact) mass is 396 g/mol. The highest BCUT2D eigenvalue weighted by Crippen LogP contribution is 2.19.